The van der Waals surface area contributed by atoms with Crippen molar-refractivity contribution in [3.05, 3.63) is 47.5 Å². The minimum absolute atomic E-state index is 0.168. The fourth-order valence-electron chi connectivity index (χ4n) is 4.88. The van der Waals surface area contributed by atoms with Crippen molar-refractivity contribution in [1.82, 2.24) is 25.1 Å². The van der Waals surface area contributed by atoms with Gasteiger partial charge in [0.2, 0.25) is 11.8 Å². The molecule has 0 bridgehead atoms. The Morgan fingerprint density at radius 2 is 2.06 bits per heavy atom. The zero-order chi connectivity index (χ0) is 22.1. The maximum Gasteiger partial charge on any atom is 0.255 e. The summed E-state index contributed by atoms with van der Waals surface area (Å²) >= 11 is 0. The molecule has 4 heterocycles. The summed E-state index contributed by atoms with van der Waals surface area (Å²) in [5, 5.41) is 2.33. The molecule has 0 spiro atoms. The van der Waals surface area contributed by atoms with E-state index in [1.807, 2.05) is 18.3 Å². The second-order valence-electron chi connectivity index (χ2n) is 8.73. The number of amides is 3. The van der Waals surface area contributed by atoms with E-state index in [1.165, 1.54) is 12.8 Å². The summed E-state index contributed by atoms with van der Waals surface area (Å²) in [4.78, 5) is 47.8. The van der Waals surface area contributed by atoms with Crippen LogP contribution in [-0.2, 0) is 22.7 Å². The van der Waals surface area contributed by atoms with Crippen LogP contribution in [0.1, 0.15) is 53.7 Å². The van der Waals surface area contributed by atoms with Crippen molar-refractivity contribution in [3.63, 3.8) is 0 Å². The number of rotatable bonds is 6. The van der Waals surface area contributed by atoms with Crippen LogP contribution in [0.4, 0.5) is 0 Å². The molecule has 3 aliphatic heterocycles. The summed E-state index contributed by atoms with van der Waals surface area (Å²) in [7, 11) is 0. The molecule has 32 heavy (non-hydrogen) atoms. The Morgan fingerprint density at radius 1 is 1.16 bits per heavy atom. The Hall–Kier alpha value is -3.20. The topological polar surface area (TPSA) is 108 Å². The number of aromatic amines is 1. The highest BCUT2D eigenvalue weighted by atomic mass is 16.5. The van der Waals surface area contributed by atoms with Gasteiger partial charge in [0.05, 0.1) is 6.33 Å². The van der Waals surface area contributed by atoms with E-state index in [-0.39, 0.29) is 18.2 Å². The molecule has 0 aliphatic carbocycles. The van der Waals surface area contributed by atoms with Crippen LogP contribution in [0, 0.1) is 0 Å². The molecular formula is C23H27N5O4. The monoisotopic (exact) mass is 437 g/mol. The van der Waals surface area contributed by atoms with Crippen molar-refractivity contribution < 1.29 is 19.1 Å². The van der Waals surface area contributed by atoms with Crippen LogP contribution < -0.4 is 10.1 Å². The summed E-state index contributed by atoms with van der Waals surface area (Å²) in [6.07, 6.45) is 7.63. The number of piperidine rings is 2. The van der Waals surface area contributed by atoms with Crippen molar-refractivity contribution in [2.45, 2.75) is 57.3 Å². The molecule has 1 aromatic heterocycles. The number of nitrogens with zero attached hydrogens (tertiary/aromatic N) is 3. The van der Waals surface area contributed by atoms with Crippen LogP contribution in [0.15, 0.2) is 30.7 Å². The summed E-state index contributed by atoms with van der Waals surface area (Å²) in [5.41, 5.74) is 2.55. The third kappa shape index (κ3) is 4.12. The van der Waals surface area contributed by atoms with Gasteiger partial charge in [0.15, 0.2) is 0 Å². The van der Waals surface area contributed by atoms with Crippen LogP contribution in [0.5, 0.6) is 5.75 Å². The lowest BCUT2D eigenvalue weighted by Gasteiger charge is -2.35. The second-order valence-corrected chi connectivity index (χ2v) is 8.73. The number of H-pyrrole nitrogens is 1. The van der Waals surface area contributed by atoms with Gasteiger partial charge in [-0.2, -0.15) is 0 Å². The molecule has 2 saturated heterocycles. The smallest absolute Gasteiger partial charge is 0.255 e. The van der Waals surface area contributed by atoms with E-state index in [0.29, 0.717) is 31.2 Å². The normalized spacial score (nSPS) is 23.9. The van der Waals surface area contributed by atoms with Gasteiger partial charge in [0.25, 0.3) is 5.91 Å². The number of likely N-dealkylation sites (tertiary alicyclic amines) is 1. The van der Waals surface area contributed by atoms with Gasteiger partial charge in [-0.25, -0.2) is 4.98 Å². The van der Waals surface area contributed by atoms with E-state index in [0.717, 1.165) is 36.5 Å². The number of fused-ring (bicyclic) bond motifs is 1. The van der Waals surface area contributed by atoms with Crippen LogP contribution in [0.2, 0.25) is 0 Å². The highest BCUT2D eigenvalue weighted by Gasteiger charge is 2.39. The number of carbonyl (C=O) groups is 3. The second kappa shape index (κ2) is 8.74. The first-order valence-electron chi connectivity index (χ1n) is 11.2. The van der Waals surface area contributed by atoms with Gasteiger partial charge < -0.3 is 14.6 Å². The molecule has 2 N–H and O–H groups in total. The fraction of sp³-hybridized carbons (Fsp3) is 0.478. The third-order valence-corrected chi connectivity index (χ3v) is 6.61. The maximum absolute atomic E-state index is 12.8. The summed E-state index contributed by atoms with van der Waals surface area (Å²) in [5.74, 6) is -0.114. The Kier molecular flexibility index (Phi) is 5.65. The number of imide groups is 1. The molecule has 3 aliphatic rings. The zero-order valence-electron chi connectivity index (χ0n) is 17.9. The van der Waals surface area contributed by atoms with Crippen molar-refractivity contribution in [2.24, 2.45) is 0 Å². The van der Waals surface area contributed by atoms with E-state index in [9.17, 15) is 14.4 Å². The van der Waals surface area contributed by atoms with Gasteiger partial charge in [-0.1, -0.05) is 6.42 Å². The number of imidazole rings is 1. The average Bonchev–Trinajstić information content (AvgIpc) is 3.41. The lowest BCUT2D eigenvalue weighted by molar-refractivity contribution is -0.136. The van der Waals surface area contributed by atoms with E-state index in [1.54, 1.807) is 17.3 Å². The van der Waals surface area contributed by atoms with Gasteiger partial charge in [0, 0.05) is 43.0 Å². The maximum atomic E-state index is 12.8. The molecule has 9 nitrogen and oxygen atoms in total. The standard InChI is InChI=1S/C23H27N5O4/c29-21-7-6-20(22(30)26-21)28-11-15-9-18(4-5-19(15)23(28)31)32-13-17-3-1-2-8-27(17)12-16-10-24-14-25-16/h4-5,9-10,14,17,20H,1-3,6-8,11-13H2,(H,24,25)(H,26,29,30)/t17-,20?/m0/s1. The third-order valence-electron chi connectivity index (χ3n) is 6.61. The molecular weight excluding hydrogens is 410 g/mol. The molecule has 3 amide bonds. The zero-order valence-corrected chi connectivity index (χ0v) is 17.9. The number of hydrogen-bond donors (Lipinski definition) is 2. The quantitative estimate of drug-likeness (QED) is 0.665. The lowest BCUT2D eigenvalue weighted by Crippen LogP contribution is -2.52. The molecule has 9 heteroatoms. The molecule has 1 aromatic carbocycles. The van der Waals surface area contributed by atoms with Crippen LogP contribution in [-0.4, -0.2) is 62.7 Å². The van der Waals surface area contributed by atoms with Crippen LogP contribution >= 0.6 is 0 Å². The number of carbonyl (C=O) groups excluding carboxylic acids is 3. The summed E-state index contributed by atoms with van der Waals surface area (Å²) < 4.78 is 6.15. The summed E-state index contributed by atoms with van der Waals surface area (Å²) in [6, 6.07) is 5.23. The average molecular weight is 438 g/mol. The molecule has 2 atom stereocenters. The van der Waals surface area contributed by atoms with E-state index in [2.05, 4.69) is 20.2 Å². The van der Waals surface area contributed by atoms with Crippen LogP contribution in [0.25, 0.3) is 0 Å². The van der Waals surface area contributed by atoms with Gasteiger partial charge in [-0.15, -0.1) is 0 Å². The molecule has 168 valence electrons. The first-order valence-corrected chi connectivity index (χ1v) is 11.2. The first-order chi connectivity index (χ1) is 15.6. The van der Waals surface area contributed by atoms with E-state index in [4.69, 9.17) is 4.74 Å². The number of aromatic nitrogens is 2. The minimum Gasteiger partial charge on any atom is -0.492 e. The largest absolute Gasteiger partial charge is 0.492 e. The van der Waals surface area contributed by atoms with E-state index >= 15 is 0 Å². The molecule has 2 aromatic rings. The number of nitrogens with one attached hydrogen (secondary N) is 2. The number of benzene rings is 1. The van der Waals surface area contributed by atoms with Crippen molar-refractivity contribution >= 4 is 17.7 Å². The highest BCUT2D eigenvalue weighted by Crippen LogP contribution is 2.30. The Balaban J connectivity index is 1.23. The number of hydrogen-bond acceptors (Lipinski definition) is 6. The van der Waals surface area contributed by atoms with E-state index < -0.39 is 11.9 Å². The van der Waals surface area contributed by atoms with Crippen LogP contribution in [0.3, 0.4) is 0 Å². The SMILES string of the molecule is O=C1CCC(N2Cc3cc(OC[C@@H]4CCCCN4Cc4cnc[nH]4)ccc3C2=O)C(=O)N1. The fourth-order valence-corrected chi connectivity index (χ4v) is 4.88. The summed E-state index contributed by atoms with van der Waals surface area (Å²) in [6.45, 7) is 2.80. The Bertz CT molecular complexity index is 1020. The molecule has 5 rings (SSSR count). The Morgan fingerprint density at radius 3 is 2.88 bits per heavy atom. The molecule has 0 radical (unpaired) electrons. The van der Waals surface area contributed by atoms with Gasteiger partial charge in [-0.05, 0) is 49.6 Å². The van der Waals surface area contributed by atoms with Crippen molar-refractivity contribution in [3.8, 4) is 5.75 Å². The molecule has 1 unspecified atom stereocenters. The highest BCUT2D eigenvalue weighted by molar-refractivity contribution is 6.05. The van der Waals surface area contributed by atoms with Gasteiger partial charge in [0.1, 0.15) is 18.4 Å². The van der Waals surface area contributed by atoms with Crippen molar-refractivity contribution in [2.75, 3.05) is 13.2 Å². The predicted molar refractivity (Wildman–Crippen MR) is 115 cm³/mol. The first kappa shape index (κ1) is 20.7. The van der Waals surface area contributed by atoms with Crippen molar-refractivity contribution in [1.29, 1.82) is 0 Å². The minimum atomic E-state index is -0.602. The molecule has 0 saturated carbocycles. The van der Waals surface area contributed by atoms with Gasteiger partial charge in [-0.3, -0.25) is 24.6 Å². The van der Waals surface area contributed by atoms with Gasteiger partial charge >= 0.3 is 0 Å². The number of ether oxygens (including phenoxy) is 1. The predicted octanol–water partition coefficient (Wildman–Crippen LogP) is 1.60. The molecule has 2 fully saturated rings. The lowest BCUT2D eigenvalue weighted by atomic mass is 10.0. The Labute approximate surface area is 186 Å².